The number of epoxide rings is 1. The Morgan fingerprint density at radius 3 is 2.35 bits per heavy atom. The molecule has 0 radical (unpaired) electrons. The Bertz CT molecular complexity index is 1420. The van der Waals surface area contributed by atoms with Gasteiger partial charge in [0.1, 0.15) is 24.0 Å². The highest BCUT2D eigenvalue weighted by Crippen LogP contribution is 2.45. The largest absolute Gasteiger partial charge is 0.495 e. The van der Waals surface area contributed by atoms with Crippen molar-refractivity contribution in [1.82, 2.24) is 10.6 Å². The van der Waals surface area contributed by atoms with E-state index in [0.717, 1.165) is 5.56 Å². The first-order chi connectivity index (χ1) is 22.8. The van der Waals surface area contributed by atoms with Crippen LogP contribution in [-0.4, -0.2) is 74.0 Å². The van der Waals surface area contributed by atoms with Crippen LogP contribution in [0.2, 0.25) is 5.02 Å². The second-order valence-electron chi connectivity index (χ2n) is 12.5. The minimum Gasteiger partial charge on any atom is -0.495 e. The number of carbonyl (C=O) groups excluding carboxylic acids is 4. The SMILES string of the molecule is COC(=O)[C@H](C)CNC(=O)[C@@H](Cc1ccc(OC)c(Cl)c1)NC(=O)/C=C/C[C@H](OC(=O)[C@@H](O)CC(C)C)[C@H](C)[C@H]1O[C@@H]1c1ccccc1. The molecule has 0 aromatic heterocycles. The average Bonchev–Trinajstić information content (AvgIpc) is 3.87. The number of aliphatic hydroxyl groups excluding tert-OH is 1. The van der Waals surface area contributed by atoms with Crippen LogP contribution >= 0.6 is 11.6 Å². The molecule has 11 nitrogen and oxygen atoms in total. The van der Waals surface area contributed by atoms with Crippen molar-refractivity contribution < 1.29 is 43.2 Å². The number of nitrogens with one attached hydrogen (secondary N) is 2. The van der Waals surface area contributed by atoms with Gasteiger partial charge >= 0.3 is 11.9 Å². The van der Waals surface area contributed by atoms with E-state index in [0.29, 0.717) is 16.3 Å². The van der Waals surface area contributed by atoms with Crippen LogP contribution in [-0.2, 0) is 39.8 Å². The Morgan fingerprint density at radius 2 is 1.73 bits per heavy atom. The molecule has 0 aliphatic carbocycles. The van der Waals surface area contributed by atoms with Gasteiger partial charge in [-0.2, -0.15) is 0 Å². The summed E-state index contributed by atoms with van der Waals surface area (Å²) in [4.78, 5) is 51.0. The molecule has 7 atom stereocenters. The van der Waals surface area contributed by atoms with E-state index < -0.39 is 47.9 Å². The summed E-state index contributed by atoms with van der Waals surface area (Å²) in [5.74, 6) is -2.57. The van der Waals surface area contributed by atoms with E-state index in [2.05, 4.69) is 10.6 Å². The second kappa shape index (κ2) is 18.6. The molecule has 0 bridgehead atoms. The van der Waals surface area contributed by atoms with Crippen molar-refractivity contribution in [2.24, 2.45) is 17.8 Å². The first kappa shape index (κ1) is 38.5. The standard InChI is InChI=1S/C36H47ClN2O9/c1-21(2)17-28(40)36(44)47-29(23(4)32-33(48-32)25-11-8-7-9-12-25)13-10-14-31(41)39-27(34(42)38-20-22(3)35(43)46-6)19-24-15-16-30(45-5)26(37)18-24/h7-12,14-16,18,21-23,27-29,32-33,40H,13,17,19-20H2,1-6H3,(H,38,42)(H,39,41)/b14-10+/t22-,23+,27-,28+,29+,32-,33-/m1/s1. The normalized spacial score (nSPS) is 18.7. The predicted molar refractivity (Wildman–Crippen MR) is 180 cm³/mol. The summed E-state index contributed by atoms with van der Waals surface area (Å²) in [6, 6.07) is 13.8. The summed E-state index contributed by atoms with van der Waals surface area (Å²) in [5.41, 5.74) is 1.68. The molecule has 1 saturated heterocycles. The van der Waals surface area contributed by atoms with Crippen molar-refractivity contribution in [1.29, 1.82) is 0 Å². The molecule has 1 aliphatic rings. The van der Waals surface area contributed by atoms with Crippen molar-refractivity contribution in [3.63, 3.8) is 0 Å². The van der Waals surface area contributed by atoms with Crippen LogP contribution in [0.25, 0.3) is 0 Å². The Balaban J connectivity index is 1.72. The van der Waals surface area contributed by atoms with E-state index in [1.807, 2.05) is 51.1 Å². The molecule has 2 aromatic carbocycles. The molecule has 0 saturated carbocycles. The van der Waals surface area contributed by atoms with E-state index in [9.17, 15) is 24.3 Å². The fourth-order valence-corrected chi connectivity index (χ4v) is 5.54. The fourth-order valence-electron chi connectivity index (χ4n) is 5.26. The van der Waals surface area contributed by atoms with Crippen LogP contribution in [0.5, 0.6) is 5.75 Å². The molecule has 2 aromatic rings. The molecule has 0 unspecified atom stereocenters. The minimum absolute atomic E-state index is 0.0118. The van der Waals surface area contributed by atoms with Crippen molar-refractivity contribution in [3.8, 4) is 5.75 Å². The zero-order valence-corrected chi connectivity index (χ0v) is 29.1. The van der Waals surface area contributed by atoms with E-state index in [1.165, 1.54) is 20.3 Å². The Hall–Kier alpha value is -3.93. The number of benzene rings is 2. The molecule has 48 heavy (non-hydrogen) atoms. The molecule has 2 amide bonds. The van der Waals surface area contributed by atoms with Crippen LogP contribution in [0.1, 0.15) is 57.8 Å². The average molecular weight is 687 g/mol. The molecular weight excluding hydrogens is 640 g/mol. The lowest BCUT2D eigenvalue weighted by Gasteiger charge is -2.24. The van der Waals surface area contributed by atoms with Crippen molar-refractivity contribution in [3.05, 3.63) is 76.8 Å². The number of aliphatic hydroxyl groups is 1. The number of halogens is 1. The predicted octanol–water partition coefficient (Wildman–Crippen LogP) is 4.34. The van der Waals surface area contributed by atoms with Crippen LogP contribution in [0, 0.1) is 17.8 Å². The van der Waals surface area contributed by atoms with E-state index >= 15 is 0 Å². The number of amides is 2. The molecule has 1 heterocycles. The lowest BCUT2D eigenvalue weighted by atomic mass is 9.93. The van der Waals surface area contributed by atoms with E-state index in [4.69, 9.17) is 30.5 Å². The third-order valence-electron chi connectivity index (χ3n) is 8.11. The third kappa shape index (κ3) is 11.6. The Morgan fingerprint density at radius 1 is 1.02 bits per heavy atom. The molecule has 1 aliphatic heterocycles. The van der Waals surface area contributed by atoms with Gasteiger partial charge < -0.3 is 34.7 Å². The molecule has 0 spiro atoms. The van der Waals surface area contributed by atoms with E-state index in [-0.39, 0.29) is 49.9 Å². The lowest BCUT2D eigenvalue weighted by molar-refractivity contribution is -0.162. The van der Waals surface area contributed by atoms with Crippen LogP contribution in [0.15, 0.2) is 60.7 Å². The summed E-state index contributed by atoms with van der Waals surface area (Å²) in [5, 5.41) is 16.2. The van der Waals surface area contributed by atoms with Gasteiger partial charge in [0.2, 0.25) is 11.8 Å². The van der Waals surface area contributed by atoms with Crippen molar-refractivity contribution >= 4 is 35.4 Å². The summed E-state index contributed by atoms with van der Waals surface area (Å²) < 4.78 is 21.7. The van der Waals surface area contributed by atoms with Gasteiger partial charge in [-0.3, -0.25) is 14.4 Å². The highest BCUT2D eigenvalue weighted by atomic mass is 35.5. The highest BCUT2D eigenvalue weighted by Gasteiger charge is 2.47. The highest BCUT2D eigenvalue weighted by molar-refractivity contribution is 6.32. The number of carbonyl (C=O) groups is 4. The van der Waals surface area contributed by atoms with Crippen LogP contribution < -0.4 is 15.4 Å². The first-order valence-electron chi connectivity index (χ1n) is 16.1. The maximum atomic E-state index is 13.2. The summed E-state index contributed by atoms with van der Waals surface area (Å²) >= 11 is 6.29. The zero-order valence-electron chi connectivity index (χ0n) is 28.3. The van der Waals surface area contributed by atoms with Gasteiger partial charge in [0.15, 0.2) is 6.10 Å². The summed E-state index contributed by atoms with van der Waals surface area (Å²) in [6.07, 6.45) is 1.04. The zero-order chi connectivity index (χ0) is 35.4. The molecule has 3 rings (SSSR count). The number of methoxy groups -OCH3 is 2. The van der Waals surface area contributed by atoms with Gasteiger partial charge in [-0.05, 0) is 41.7 Å². The van der Waals surface area contributed by atoms with Gasteiger partial charge in [0.05, 0.1) is 31.3 Å². The van der Waals surface area contributed by atoms with Crippen molar-refractivity contribution in [2.45, 2.75) is 77.4 Å². The van der Waals surface area contributed by atoms with Crippen molar-refractivity contribution in [2.75, 3.05) is 20.8 Å². The fraction of sp³-hybridized carbons (Fsp3) is 0.500. The topological polar surface area (TPSA) is 153 Å². The smallest absolute Gasteiger partial charge is 0.335 e. The van der Waals surface area contributed by atoms with Crippen LogP contribution in [0.3, 0.4) is 0 Å². The number of esters is 2. The Kier molecular flexibility index (Phi) is 14.9. The molecule has 262 valence electrons. The maximum absolute atomic E-state index is 13.2. The second-order valence-corrected chi connectivity index (χ2v) is 12.9. The lowest BCUT2D eigenvalue weighted by Crippen LogP contribution is -2.49. The molecule has 3 N–H and O–H groups in total. The summed E-state index contributed by atoms with van der Waals surface area (Å²) in [6.45, 7) is 7.34. The maximum Gasteiger partial charge on any atom is 0.335 e. The number of hydrogen-bond donors (Lipinski definition) is 3. The van der Waals surface area contributed by atoms with Gasteiger partial charge in [-0.1, -0.05) is 81.8 Å². The minimum atomic E-state index is -1.27. The Labute approximate surface area is 287 Å². The van der Waals surface area contributed by atoms with E-state index in [1.54, 1.807) is 31.2 Å². The number of hydrogen-bond acceptors (Lipinski definition) is 9. The summed E-state index contributed by atoms with van der Waals surface area (Å²) in [7, 11) is 2.76. The van der Waals surface area contributed by atoms with Gasteiger partial charge in [0.25, 0.3) is 0 Å². The third-order valence-corrected chi connectivity index (χ3v) is 8.40. The first-order valence-corrected chi connectivity index (χ1v) is 16.5. The van der Waals surface area contributed by atoms with Gasteiger partial charge in [-0.15, -0.1) is 0 Å². The van der Waals surface area contributed by atoms with Crippen LogP contribution in [0.4, 0.5) is 0 Å². The molecule has 1 fully saturated rings. The van der Waals surface area contributed by atoms with Gasteiger partial charge in [0, 0.05) is 25.3 Å². The molecular formula is C36H47ClN2O9. The quantitative estimate of drug-likeness (QED) is 0.118. The van der Waals surface area contributed by atoms with Gasteiger partial charge in [-0.25, -0.2) is 4.79 Å². The number of rotatable bonds is 18. The monoisotopic (exact) mass is 686 g/mol. The number of ether oxygens (including phenoxy) is 4. The molecule has 12 heteroatoms.